The number of carbonyl (C=O) groups is 1. The third-order valence-corrected chi connectivity index (χ3v) is 8.95. The number of anilines is 1. The van der Waals surface area contributed by atoms with Crippen molar-refractivity contribution in [3.63, 3.8) is 0 Å². The topological polar surface area (TPSA) is 66.9 Å². The molecule has 1 saturated heterocycles. The molecule has 0 atom stereocenters. The summed E-state index contributed by atoms with van der Waals surface area (Å²) < 4.78 is 10.6. The van der Waals surface area contributed by atoms with Gasteiger partial charge in [-0.05, 0) is 65.4 Å². The largest absolute Gasteiger partial charge is 0.497 e. The lowest BCUT2D eigenvalue weighted by atomic mass is 9.73. The normalized spacial score (nSPS) is 15.4. The molecule has 1 fully saturated rings. The number of nitrogens with one attached hydrogen (secondary N) is 1. The van der Waals surface area contributed by atoms with Gasteiger partial charge in [-0.3, -0.25) is 9.69 Å². The zero-order valence-corrected chi connectivity index (χ0v) is 25.1. The zero-order chi connectivity index (χ0) is 29.6. The predicted octanol–water partition coefficient (Wildman–Crippen LogP) is 5.67. The highest BCUT2D eigenvalue weighted by Crippen LogP contribution is 2.51. The number of methoxy groups -OCH3 is 2. The average molecular weight is 577 g/mol. The zero-order valence-electron chi connectivity index (χ0n) is 25.1. The molecule has 3 aromatic carbocycles. The van der Waals surface area contributed by atoms with E-state index < -0.39 is 5.41 Å². The Morgan fingerprint density at radius 3 is 2.12 bits per heavy atom. The van der Waals surface area contributed by atoms with E-state index in [-0.39, 0.29) is 5.91 Å². The van der Waals surface area contributed by atoms with E-state index in [2.05, 4.69) is 74.7 Å². The number of aromatic nitrogens is 1. The highest BCUT2D eigenvalue weighted by molar-refractivity contribution is 6.00. The Balaban J connectivity index is 1.13. The molecular formula is C36H40N4O3. The molecule has 43 heavy (non-hydrogen) atoms. The van der Waals surface area contributed by atoms with Crippen molar-refractivity contribution in [3.8, 4) is 22.8 Å². The van der Waals surface area contributed by atoms with Gasteiger partial charge in [-0.15, -0.1) is 0 Å². The van der Waals surface area contributed by atoms with Crippen LogP contribution in [0.1, 0.15) is 36.0 Å². The van der Waals surface area contributed by atoms with Gasteiger partial charge in [0.15, 0.2) is 0 Å². The van der Waals surface area contributed by atoms with Crippen LogP contribution in [0.5, 0.6) is 11.6 Å². The Kier molecular flexibility index (Phi) is 8.61. The number of unbranched alkanes of at least 4 members (excludes halogenated alkanes) is 1. The summed E-state index contributed by atoms with van der Waals surface area (Å²) in [5.41, 5.74) is 4.90. The number of amides is 1. The quantitative estimate of drug-likeness (QED) is 0.232. The molecule has 0 bridgehead atoms. The fourth-order valence-corrected chi connectivity index (χ4v) is 6.65. The van der Waals surface area contributed by atoms with Gasteiger partial charge in [-0.2, -0.15) is 4.98 Å². The van der Waals surface area contributed by atoms with Crippen LogP contribution in [-0.2, 0) is 16.8 Å². The molecule has 4 aromatic rings. The Hall–Kier alpha value is -4.36. The third kappa shape index (κ3) is 5.82. The van der Waals surface area contributed by atoms with E-state index in [0.717, 1.165) is 80.2 Å². The van der Waals surface area contributed by atoms with E-state index in [1.54, 1.807) is 14.2 Å². The van der Waals surface area contributed by atoms with Crippen molar-refractivity contribution in [1.29, 1.82) is 0 Å². The molecule has 1 aliphatic heterocycles. The molecule has 1 amide bonds. The Morgan fingerprint density at radius 2 is 1.47 bits per heavy atom. The minimum Gasteiger partial charge on any atom is -0.497 e. The van der Waals surface area contributed by atoms with Gasteiger partial charge in [0, 0.05) is 38.8 Å². The molecule has 7 heteroatoms. The van der Waals surface area contributed by atoms with Crippen molar-refractivity contribution in [3.05, 3.63) is 108 Å². The number of nitrogens with zero attached hydrogens (tertiary/aromatic N) is 3. The van der Waals surface area contributed by atoms with Gasteiger partial charge in [0.25, 0.3) is 0 Å². The lowest BCUT2D eigenvalue weighted by molar-refractivity contribution is -0.125. The van der Waals surface area contributed by atoms with Crippen molar-refractivity contribution in [2.75, 3.05) is 51.8 Å². The van der Waals surface area contributed by atoms with Gasteiger partial charge < -0.3 is 19.7 Å². The summed E-state index contributed by atoms with van der Waals surface area (Å²) in [4.78, 5) is 23.8. The van der Waals surface area contributed by atoms with Gasteiger partial charge in [0.2, 0.25) is 11.8 Å². The van der Waals surface area contributed by atoms with Gasteiger partial charge in [0.1, 0.15) is 17.0 Å². The first-order valence-corrected chi connectivity index (χ1v) is 15.2. The maximum atomic E-state index is 14.3. The van der Waals surface area contributed by atoms with Crippen molar-refractivity contribution in [2.24, 2.45) is 0 Å². The lowest BCUT2D eigenvalue weighted by Crippen LogP contribution is -2.47. The first-order chi connectivity index (χ1) is 21.1. The minimum atomic E-state index is -0.712. The van der Waals surface area contributed by atoms with Crippen LogP contribution in [0.2, 0.25) is 0 Å². The van der Waals surface area contributed by atoms with Crippen molar-refractivity contribution in [2.45, 2.75) is 31.2 Å². The summed E-state index contributed by atoms with van der Waals surface area (Å²) in [5.74, 6) is 2.50. The molecule has 6 rings (SSSR count). The van der Waals surface area contributed by atoms with E-state index in [1.807, 2.05) is 36.4 Å². The number of rotatable bonds is 11. The molecule has 222 valence electrons. The molecule has 1 aromatic heterocycles. The number of fused-ring (bicyclic) bond motifs is 3. The Labute approximate surface area is 254 Å². The van der Waals surface area contributed by atoms with Gasteiger partial charge in [-0.25, -0.2) is 0 Å². The van der Waals surface area contributed by atoms with Crippen LogP contribution >= 0.6 is 0 Å². The van der Waals surface area contributed by atoms with Crippen molar-refractivity contribution < 1.29 is 14.3 Å². The molecule has 1 N–H and O–H groups in total. The monoisotopic (exact) mass is 576 g/mol. The van der Waals surface area contributed by atoms with Crippen LogP contribution in [0.3, 0.4) is 0 Å². The smallest absolute Gasteiger partial charge is 0.235 e. The first kappa shape index (κ1) is 28.7. The number of benzene rings is 3. The van der Waals surface area contributed by atoms with Crippen molar-refractivity contribution in [1.82, 2.24) is 15.2 Å². The number of hydrogen-bond acceptors (Lipinski definition) is 6. The molecule has 2 heterocycles. The minimum absolute atomic E-state index is 0.0696. The summed E-state index contributed by atoms with van der Waals surface area (Å²) in [5, 5.41) is 3.31. The van der Waals surface area contributed by atoms with E-state index in [9.17, 15) is 4.79 Å². The molecule has 2 aliphatic rings. The summed E-state index contributed by atoms with van der Waals surface area (Å²) >= 11 is 0. The highest BCUT2D eigenvalue weighted by Gasteiger charge is 2.48. The first-order valence-electron chi connectivity index (χ1n) is 15.2. The van der Waals surface area contributed by atoms with Crippen molar-refractivity contribution >= 4 is 11.7 Å². The molecule has 1 aliphatic carbocycles. The summed E-state index contributed by atoms with van der Waals surface area (Å²) in [6, 6.07) is 30.7. The van der Waals surface area contributed by atoms with Gasteiger partial charge in [-0.1, -0.05) is 73.2 Å². The number of hydrogen-bond donors (Lipinski definition) is 1. The molecule has 0 saturated carbocycles. The molecule has 7 nitrogen and oxygen atoms in total. The maximum Gasteiger partial charge on any atom is 0.235 e. The van der Waals surface area contributed by atoms with E-state index in [0.29, 0.717) is 12.4 Å². The standard InChI is InChI=1S/C36H40N4O3/c1-42-28-18-16-27(17-19-28)26-37-35(41)36(31-12-5-3-10-29(31)30-11-4-6-13-32(30)36)20-7-8-21-39-22-24-40(25-23-39)33-14-9-15-34(38-33)43-2/h3-6,9-19H,7-8,20-26H2,1-2H3,(H,37,41). The fraction of sp³-hybridized carbons (Fsp3) is 0.333. The van der Waals surface area contributed by atoms with Gasteiger partial charge >= 0.3 is 0 Å². The second-order valence-corrected chi connectivity index (χ2v) is 11.4. The number of ether oxygens (including phenoxy) is 2. The summed E-state index contributed by atoms with van der Waals surface area (Å²) in [6.07, 6.45) is 2.76. The molecular weight excluding hydrogens is 536 g/mol. The number of pyridine rings is 1. The Morgan fingerprint density at radius 1 is 0.791 bits per heavy atom. The SMILES string of the molecule is COc1ccc(CNC(=O)C2(CCCCN3CCN(c4cccc(OC)n4)CC3)c3ccccc3-c3ccccc32)cc1. The predicted molar refractivity (Wildman–Crippen MR) is 171 cm³/mol. The van der Waals surface area contributed by atoms with Crippen LogP contribution < -0.4 is 19.7 Å². The number of piperazine rings is 1. The van der Waals surface area contributed by atoms with Crippen LogP contribution in [0.25, 0.3) is 11.1 Å². The highest BCUT2D eigenvalue weighted by atomic mass is 16.5. The third-order valence-electron chi connectivity index (χ3n) is 8.95. The fourth-order valence-electron chi connectivity index (χ4n) is 6.65. The molecule has 0 spiro atoms. The van der Waals surface area contributed by atoms with Crippen LogP contribution in [-0.4, -0.2) is 62.7 Å². The van der Waals surface area contributed by atoms with E-state index in [1.165, 1.54) is 11.1 Å². The molecule has 0 radical (unpaired) electrons. The van der Waals surface area contributed by atoms with Crippen LogP contribution in [0.4, 0.5) is 5.82 Å². The maximum absolute atomic E-state index is 14.3. The molecule has 0 unspecified atom stereocenters. The Bertz CT molecular complexity index is 1500. The second kappa shape index (κ2) is 12.9. The average Bonchev–Trinajstić information content (AvgIpc) is 3.36. The van der Waals surface area contributed by atoms with E-state index in [4.69, 9.17) is 9.47 Å². The summed E-state index contributed by atoms with van der Waals surface area (Å²) in [7, 11) is 3.32. The van der Waals surface area contributed by atoms with Crippen LogP contribution in [0.15, 0.2) is 91.0 Å². The second-order valence-electron chi connectivity index (χ2n) is 11.4. The van der Waals surface area contributed by atoms with Gasteiger partial charge in [0.05, 0.1) is 14.2 Å². The van der Waals surface area contributed by atoms with Crippen LogP contribution in [0, 0.1) is 0 Å². The van der Waals surface area contributed by atoms with E-state index >= 15 is 0 Å². The lowest BCUT2D eigenvalue weighted by Gasteiger charge is -2.36. The number of carbonyl (C=O) groups excluding carboxylic acids is 1. The summed E-state index contributed by atoms with van der Waals surface area (Å²) in [6.45, 7) is 5.38.